The lowest BCUT2D eigenvalue weighted by Gasteiger charge is -2.13. The maximum Gasteiger partial charge on any atom is 0.287 e. The molecule has 0 saturated heterocycles. The number of methoxy groups -OCH3 is 1. The van der Waals surface area contributed by atoms with E-state index in [9.17, 15) is 4.79 Å². The van der Waals surface area contributed by atoms with Crippen molar-refractivity contribution in [2.75, 3.05) is 27.3 Å². The molecule has 0 aliphatic carbocycles. The molecule has 0 fully saturated rings. The molecule has 1 aromatic heterocycles. The van der Waals surface area contributed by atoms with E-state index in [-0.39, 0.29) is 5.69 Å². The largest absolute Gasteiger partial charge is 0.383 e. The summed E-state index contributed by atoms with van der Waals surface area (Å²) in [7, 11) is 3.57. The van der Waals surface area contributed by atoms with Gasteiger partial charge in [-0.15, -0.1) is 0 Å². The van der Waals surface area contributed by atoms with Crippen molar-refractivity contribution in [2.24, 2.45) is 5.84 Å². The Balaban J connectivity index is 2.48. The van der Waals surface area contributed by atoms with Crippen LogP contribution in [0.15, 0.2) is 10.6 Å². The predicted octanol–water partition coefficient (Wildman–Crippen LogP) is -0.644. The number of ether oxygens (including phenoxy) is 1. The van der Waals surface area contributed by atoms with E-state index in [4.69, 9.17) is 15.1 Å². The van der Waals surface area contributed by atoms with Crippen LogP contribution in [0, 0.1) is 0 Å². The lowest BCUT2D eigenvalue weighted by molar-refractivity contribution is 0.0944. The average Bonchev–Trinajstić information content (AvgIpc) is 2.73. The number of hydrogen-bond donors (Lipinski definition) is 2. The maximum atomic E-state index is 11.1. The van der Waals surface area contributed by atoms with Gasteiger partial charge in [-0.25, -0.2) is 5.84 Å². The molecular formula is C9H16N4O3. The zero-order chi connectivity index (χ0) is 12.0. The monoisotopic (exact) mass is 228 g/mol. The fourth-order valence-corrected chi connectivity index (χ4v) is 1.16. The molecule has 1 heterocycles. The van der Waals surface area contributed by atoms with E-state index in [0.29, 0.717) is 18.9 Å². The Kier molecular flexibility index (Phi) is 4.90. The molecule has 0 atom stereocenters. The molecule has 1 aromatic rings. The molecule has 0 saturated carbocycles. The fraction of sp³-hybridized carbons (Fsp3) is 0.556. The Morgan fingerprint density at radius 1 is 1.75 bits per heavy atom. The van der Waals surface area contributed by atoms with Crippen molar-refractivity contribution in [3.8, 4) is 0 Å². The molecule has 0 radical (unpaired) electrons. The van der Waals surface area contributed by atoms with Gasteiger partial charge in [0.1, 0.15) is 0 Å². The van der Waals surface area contributed by atoms with Crippen LogP contribution in [0.1, 0.15) is 16.2 Å². The third kappa shape index (κ3) is 3.61. The van der Waals surface area contributed by atoms with Crippen LogP contribution in [0.5, 0.6) is 0 Å². The number of aromatic nitrogens is 1. The molecule has 1 amide bonds. The molecular weight excluding hydrogens is 212 g/mol. The normalized spacial score (nSPS) is 10.8. The fourth-order valence-electron chi connectivity index (χ4n) is 1.16. The first-order valence-corrected chi connectivity index (χ1v) is 4.81. The van der Waals surface area contributed by atoms with Crippen LogP contribution in [0.2, 0.25) is 0 Å². The van der Waals surface area contributed by atoms with Crippen molar-refractivity contribution in [1.29, 1.82) is 0 Å². The first-order chi connectivity index (χ1) is 7.67. The molecule has 0 bridgehead atoms. The number of nitrogen functional groups attached to an aromatic ring is 1. The summed E-state index contributed by atoms with van der Waals surface area (Å²) in [6, 6.07) is 1.56. The molecule has 0 aliphatic rings. The highest BCUT2D eigenvalue weighted by Gasteiger charge is 2.12. The van der Waals surface area contributed by atoms with Crippen molar-refractivity contribution in [3.63, 3.8) is 0 Å². The average molecular weight is 228 g/mol. The highest BCUT2D eigenvalue weighted by Crippen LogP contribution is 2.05. The van der Waals surface area contributed by atoms with Crippen molar-refractivity contribution in [1.82, 2.24) is 15.5 Å². The summed E-state index contributed by atoms with van der Waals surface area (Å²) in [6.07, 6.45) is 0. The van der Waals surface area contributed by atoms with Crippen molar-refractivity contribution >= 4 is 5.91 Å². The van der Waals surface area contributed by atoms with Crippen LogP contribution >= 0.6 is 0 Å². The van der Waals surface area contributed by atoms with E-state index in [1.807, 2.05) is 17.4 Å². The van der Waals surface area contributed by atoms with Crippen LogP contribution in [0.4, 0.5) is 0 Å². The quantitative estimate of drug-likeness (QED) is 0.382. The van der Waals surface area contributed by atoms with Crippen LogP contribution in [-0.2, 0) is 11.3 Å². The van der Waals surface area contributed by atoms with Gasteiger partial charge in [-0.1, -0.05) is 5.16 Å². The Hall–Kier alpha value is -1.44. The number of rotatable bonds is 6. The first kappa shape index (κ1) is 12.6. The second kappa shape index (κ2) is 6.21. The van der Waals surface area contributed by atoms with E-state index in [2.05, 4.69) is 5.16 Å². The van der Waals surface area contributed by atoms with Gasteiger partial charge in [0, 0.05) is 19.7 Å². The molecule has 0 spiro atoms. The second-order valence-corrected chi connectivity index (χ2v) is 3.38. The molecule has 3 N–H and O–H groups in total. The van der Waals surface area contributed by atoms with Crippen molar-refractivity contribution < 1.29 is 14.1 Å². The second-order valence-electron chi connectivity index (χ2n) is 3.38. The van der Waals surface area contributed by atoms with Gasteiger partial charge in [0.05, 0.1) is 13.2 Å². The molecule has 7 nitrogen and oxygen atoms in total. The van der Waals surface area contributed by atoms with Crippen molar-refractivity contribution in [3.05, 3.63) is 17.5 Å². The van der Waals surface area contributed by atoms with Gasteiger partial charge in [-0.3, -0.25) is 15.1 Å². The van der Waals surface area contributed by atoms with Gasteiger partial charge >= 0.3 is 0 Å². The smallest absolute Gasteiger partial charge is 0.287 e. The number of amides is 1. The van der Waals surface area contributed by atoms with E-state index >= 15 is 0 Å². The highest BCUT2D eigenvalue weighted by atomic mass is 16.5. The number of nitrogens with one attached hydrogen (secondary N) is 1. The maximum absolute atomic E-state index is 11.1. The molecule has 0 unspecified atom stereocenters. The Morgan fingerprint density at radius 2 is 2.50 bits per heavy atom. The number of likely N-dealkylation sites (N-methyl/N-ethyl adjacent to an activating group) is 1. The zero-order valence-corrected chi connectivity index (χ0v) is 9.40. The van der Waals surface area contributed by atoms with Crippen molar-refractivity contribution in [2.45, 2.75) is 6.54 Å². The predicted molar refractivity (Wildman–Crippen MR) is 56.4 cm³/mol. The summed E-state index contributed by atoms with van der Waals surface area (Å²) < 4.78 is 9.93. The summed E-state index contributed by atoms with van der Waals surface area (Å²) in [5, 5.41) is 3.60. The standard InChI is InChI=1S/C9H16N4O3/c1-13(3-4-15-2)6-7-5-8(12-16-7)9(14)11-10/h5H,3-4,6,10H2,1-2H3,(H,11,14). The molecule has 90 valence electrons. The van der Waals surface area contributed by atoms with Crippen LogP contribution in [-0.4, -0.2) is 43.3 Å². The summed E-state index contributed by atoms with van der Waals surface area (Å²) in [5.41, 5.74) is 2.17. The third-order valence-electron chi connectivity index (χ3n) is 2.03. The van der Waals surface area contributed by atoms with Crippen LogP contribution in [0.25, 0.3) is 0 Å². The molecule has 0 aromatic carbocycles. The Labute approximate surface area is 93.5 Å². The first-order valence-electron chi connectivity index (χ1n) is 4.81. The van der Waals surface area contributed by atoms with Gasteiger partial charge in [-0.2, -0.15) is 0 Å². The number of carbonyl (C=O) groups is 1. The topological polar surface area (TPSA) is 93.6 Å². The number of nitrogens with zero attached hydrogens (tertiary/aromatic N) is 2. The van der Waals surface area contributed by atoms with E-state index in [0.717, 1.165) is 6.54 Å². The summed E-state index contributed by atoms with van der Waals surface area (Å²) >= 11 is 0. The lowest BCUT2D eigenvalue weighted by atomic mass is 10.3. The van der Waals surface area contributed by atoms with Crippen LogP contribution < -0.4 is 11.3 Å². The minimum Gasteiger partial charge on any atom is -0.383 e. The zero-order valence-electron chi connectivity index (χ0n) is 9.40. The van der Waals surface area contributed by atoms with Gasteiger partial charge in [-0.05, 0) is 7.05 Å². The van der Waals surface area contributed by atoms with Gasteiger partial charge in [0.15, 0.2) is 11.5 Å². The molecule has 16 heavy (non-hydrogen) atoms. The molecule has 0 aliphatic heterocycles. The van der Waals surface area contributed by atoms with Gasteiger partial charge in [0.25, 0.3) is 5.91 Å². The third-order valence-corrected chi connectivity index (χ3v) is 2.03. The van der Waals surface area contributed by atoms with E-state index in [1.165, 1.54) is 0 Å². The number of carbonyl (C=O) groups excluding carboxylic acids is 1. The number of hydrogen-bond acceptors (Lipinski definition) is 6. The van der Waals surface area contributed by atoms with Crippen LogP contribution in [0.3, 0.4) is 0 Å². The Bertz CT molecular complexity index is 339. The van der Waals surface area contributed by atoms with Gasteiger partial charge < -0.3 is 9.26 Å². The minimum atomic E-state index is -0.463. The number of nitrogens with two attached hydrogens (primary N) is 1. The van der Waals surface area contributed by atoms with Gasteiger partial charge in [0.2, 0.25) is 0 Å². The molecule has 7 heteroatoms. The summed E-state index contributed by atoms with van der Waals surface area (Å²) in [4.78, 5) is 13.1. The number of hydrazine groups is 1. The SMILES string of the molecule is COCCN(C)Cc1cc(C(=O)NN)no1. The van der Waals surface area contributed by atoms with E-state index in [1.54, 1.807) is 13.2 Å². The Morgan fingerprint density at radius 3 is 3.12 bits per heavy atom. The highest BCUT2D eigenvalue weighted by molar-refractivity contribution is 5.91. The summed E-state index contributed by atoms with van der Waals surface area (Å²) in [5.74, 6) is 5.12. The minimum absolute atomic E-state index is 0.178. The molecule has 1 rings (SSSR count). The summed E-state index contributed by atoms with van der Waals surface area (Å²) in [6.45, 7) is 1.98. The lowest BCUT2D eigenvalue weighted by Crippen LogP contribution is -2.30. The van der Waals surface area contributed by atoms with E-state index < -0.39 is 5.91 Å².